The van der Waals surface area contributed by atoms with Gasteiger partial charge in [-0.2, -0.15) is 0 Å². The zero-order valence-corrected chi connectivity index (χ0v) is 18.2. The van der Waals surface area contributed by atoms with Crippen LogP contribution in [-0.2, 0) is 16.1 Å². The van der Waals surface area contributed by atoms with Crippen LogP contribution in [0.2, 0.25) is 0 Å². The van der Waals surface area contributed by atoms with Crippen LogP contribution in [0.3, 0.4) is 0 Å². The molecule has 144 valence electrons. The molecule has 0 aromatic heterocycles. The van der Waals surface area contributed by atoms with E-state index in [4.69, 9.17) is 0 Å². The highest BCUT2D eigenvalue weighted by Gasteiger charge is 2.26. The Hall–Kier alpha value is -1.79. The Labute approximate surface area is 173 Å². The number of nitrogens with zero attached hydrogens (tertiary/aromatic N) is 1. The molecule has 4 nitrogen and oxygen atoms in total. The predicted octanol–water partition coefficient (Wildman–Crippen LogP) is 4.48. The molecule has 2 rings (SSSR count). The van der Waals surface area contributed by atoms with E-state index in [2.05, 4.69) is 21.2 Å². The van der Waals surface area contributed by atoms with E-state index in [1.54, 1.807) is 11.8 Å². The Balaban J connectivity index is 2.12. The maximum atomic E-state index is 12.9. The number of nitrogens with one attached hydrogen (secondary N) is 1. The van der Waals surface area contributed by atoms with Crippen LogP contribution < -0.4 is 5.32 Å². The molecule has 0 unspecified atom stereocenters. The zero-order chi connectivity index (χ0) is 19.8. The number of rotatable bonds is 8. The Morgan fingerprint density at radius 3 is 2.26 bits per heavy atom. The predicted molar refractivity (Wildman–Crippen MR) is 115 cm³/mol. The lowest BCUT2D eigenvalue weighted by Gasteiger charge is -2.29. The normalized spacial score (nSPS) is 11.9. The summed E-state index contributed by atoms with van der Waals surface area (Å²) in [7, 11) is 0. The summed E-state index contributed by atoms with van der Waals surface area (Å²) in [6, 6.07) is 17.1. The third kappa shape index (κ3) is 7.03. The number of amides is 2. The van der Waals surface area contributed by atoms with Gasteiger partial charge in [0.05, 0.1) is 5.75 Å². The van der Waals surface area contributed by atoms with Gasteiger partial charge in [0.2, 0.25) is 11.8 Å². The minimum atomic E-state index is -0.542. The van der Waals surface area contributed by atoms with E-state index in [1.165, 1.54) is 11.8 Å². The Kier molecular flexibility index (Phi) is 8.38. The van der Waals surface area contributed by atoms with Crippen molar-refractivity contribution in [2.45, 2.75) is 44.3 Å². The van der Waals surface area contributed by atoms with E-state index in [-0.39, 0.29) is 17.9 Å². The third-order valence-corrected chi connectivity index (χ3v) is 5.50. The molecule has 0 spiro atoms. The second-order valence-corrected chi connectivity index (χ2v) is 8.55. The monoisotopic (exact) mass is 448 g/mol. The second-order valence-electron chi connectivity index (χ2n) is 6.59. The quantitative estimate of drug-likeness (QED) is 0.605. The van der Waals surface area contributed by atoms with Crippen LogP contribution in [0.25, 0.3) is 0 Å². The highest BCUT2D eigenvalue weighted by Crippen LogP contribution is 2.20. The lowest BCUT2D eigenvalue weighted by Crippen LogP contribution is -2.49. The highest BCUT2D eigenvalue weighted by molar-refractivity contribution is 9.10. The van der Waals surface area contributed by atoms with Crippen molar-refractivity contribution in [1.82, 2.24) is 10.2 Å². The van der Waals surface area contributed by atoms with Gasteiger partial charge >= 0.3 is 0 Å². The van der Waals surface area contributed by atoms with E-state index >= 15 is 0 Å². The van der Waals surface area contributed by atoms with E-state index in [9.17, 15) is 9.59 Å². The van der Waals surface area contributed by atoms with Crippen LogP contribution >= 0.6 is 27.7 Å². The van der Waals surface area contributed by atoms with Crippen molar-refractivity contribution in [3.8, 4) is 0 Å². The van der Waals surface area contributed by atoms with E-state index < -0.39 is 6.04 Å². The molecule has 6 heteroatoms. The number of thioether (sulfide) groups is 1. The number of halogens is 1. The Morgan fingerprint density at radius 1 is 1.04 bits per heavy atom. The second kappa shape index (κ2) is 10.5. The van der Waals surface area contributed by atoms with E-state index in [0.29, 0.717) is 12.3 Å². The molecule has 1 N–H and O–H groups in total. The summed E-state index contributed by atoms with van der Waals surface area (Å²) in [5, 5.41) is 2.90. The van der Waals surface area contributed by atoms with Gasteiger partial charge < -0.3 is 10.2 Å². The molecule has 0 heterocycles. The van der Waals surface area contributed by atoms with Crippen molar-refractivity contribution >= 4 is 39.5 Å². The first-order valence-electron chi connectivity index (χ1n) is 8.89. The van der Waals surface area contributed by atoms with E-state index in [0.717, 1.165) is 14.9 Å². The number of carbonyl (C=O) groups is 2. The Bertz CT molecular complexity index is 751. The summed E-state index contributed by atoms with van der Waals surface area (Å²) in [6.07, 6.45) is 0. The van der Waals surface area contributed by atoms with E-state index in [1.807, 2.05) is 68.4 Å². The van der Waals surface area contributed by atoms with Gasteiger partial charge in [-0.05, 0) is 50.6 Å². The largest absolute Gasteiger partial charge is 0.352 e. The molecule has 27 heavy (non-hydrogen) atoms. The summed E-state index contributed by atoms with van der Waals surface area (Å²) in [6.45, 7) is 6.00. The summed E-state index contributed by atoms with van der Waals surface area (Å²) in [4.78, 5) is 28.1. The van der Waals surface area contributed by atoms with Crippen LogP contribution in [0.5, 0.6) is 0 Å². The molecule has 2 amide bonds. The van der Waals surface area contributed by atoms with Gasteiger partial charge in [0.1, 0.15) is 6.04 Å². The van der Waals surface area contributed by atoms with Crippen molar-refractivity contribution in [1.29, 1.82) is 0 Å². The fourth-order valence-electron chi connectivity index (χ4n) is 2.52. The standard InChI is InChI=1S/C21H25BrN2O2S/c1-15(2)23-21(26)16(3)24(13-17-9-11-18(22)12-10-17)20(25)14-27-19-7-5-4-6-8-19/h4-12,15-16H,13-14H2,1-3H3,(H,23,26)/t16-/m1/s1. The van der Waals surface area contributed by atoms with Crippen LogP contribution in [0.15, 0.2) is 64.0 Å². The number of carbonyl (C=O) groups excluding carboxylic acids is 2. The van der Waals surface area contributed by atoms with Gasteiger partial charge in [0.15, 0.2) is 0 Å². The van der Waals surface area contributed by atoms with Crippen molar-refractivity contribution in [3.05, 3.63) is 64.6 Å². The number of hydrogen-bond donors (Lipinski definition) is 1. The molecule has 2 aromatic rings. The molecular formula is C21H25BrN2O2S. The van der Waals surface area contributed by atoms with Crippen molar-refractivity contribution in [2.24, 2.45) is 0 Å². The van der Waals surface area contributed by atoms with Crippen LogP contribution in [0.4, 0.5) is 0 Å². The SMILES string of the molecule is CC(C)NC(=O)[C@@H](C)N(Cc1ccc(Br)cc1)C(=O)CSc1ccccc1. The van der Waals surface area contributed by atoms with Crippen molar-refractivity contribution in [2.75, 3.05) is 5.75 Å². The molecule has 0 radical (unpaired) electrons. The minimum absolute atomic E-state index is 0.0308. The van der Waals surface area contributed by atoms with Crippen molar-refractivity contribution < 1.29 is 9.59 Å². The average Bonchev–Trinajstić information content (AvgIpc) is 2.65. The number of benzene rings is 2. The zero-order valence-electron chi connectivity index (χ0n) is 15.8. The molecule has 0 aliphatic heterocycles. The smallest absolute Gasteiger partial charge is 0.242 e. The molecule has 0 fully saturated rings. The fraction of sp³-hybridized carbons (Fsp3) is 0.333. The lowest BCUT2D eigenvalue weighted by atomic mass is 10.1. The molecule has 1 atom stereocenters. The van der Waals surface area contributed by atoms with Crippen LogP contribution in [0.1, 0.15) is 26.3 Å². The van der Waals surface area contributed by atoms with Gasteiger partial charge in [0, 0.05) is 22.0 Å². The molecule has 2 aromatic carbocycles. The molecule has 0 aliphatic rings. The van der Waals surface area contributed by atoms with Crippen LogP contribution in [0, 0.1) is 0 Å². The first kappa shape index (κ1) is 21.5. The topological polar surface area (TPSA) is 49.4 Å². The van der Waals surface area contributed by atoms with Gasteiger partial charge in [-0.3, -0.25) is 9.59 Å². The molecule has 0 saturated carbocycles. The van der Waals surface area contributed by atoms with Gasteiger partial charge in [0.25, 0.3) is 0 Å². The summed E-state index contributed by atoms with van der Waals surface area (Å²) >= 11 is 4.91. The molecule has 0 saturated heterocycles. The Morgan fingerprint density at radius 2 is 1.67 bits per heavy atom. The highest BCUT2D eigenvalue weighted by atomic mass is 79.9. The summed E-state index contributed by atoms with van der Waals surface area (Å²) in [5.41, 5.74) is 0.987. The van der Waals surface area contributed by atoms with Crippen molar-refractivity contribution in [3.63, 3.8) is 0 Å². The maximum Gasteiger partial charge on any atom is 0.242 e. The average molecular weight is 449 g/mol. The van der Waals surface area contributed by atoms with Gasteiger partial charge in [-0.15, -0.1) is 11.8 Å². The fourth-order valence-corrected chi connectivity index (χ4v) is 3.59. The molecule has 0 bridgehead atoms. The van der Waals surface area contributed by atoms with Gasteiger partial charge in [-0.1, -0.05) is 46.3 Å². The summed E-state index contributed by atoms with van der Waals surface area (Å²) in [5.74, 6) is 0.0955. The first-order valence-corrected chi connectivity index (χ1v) is 10.7. The van der Waals surface area contributed by atoms with Crippen LogP contribution in [-0.4, -0.2) is 34.6 Å². The maximum absolute atomic E-state index is 12.9. The third-order valence-electron chi connectivity index (χ3n) is 3.97. The number of hydrogen-bond acceptors (Lipinski definition) is 3. The molecule has 0 aliphatic carbocycles. The molecular weight excluding hydrogens is 424 g/mol. The van der Waals surface area contributed by atoms with Gasteiger partial charge in [-0.25, -0.2) is 0 Å². The summed E-state index contributed by atoms with van der Waals surface area (Å²) < 4.78 is 0.981. The minimum Gasteiger partial charge on any atom is -0.352 e. The first-order chi connectivity index (χ1) is 12.9. The lowest BCUT2D eigenvalue weighted by molar-refractivity contribution is -0.138.